The van der Waals surface area contributed by atoms with Crippen LogP contribution in [0, 0.1) is 12.7 Å². The third-order valence-electron chi connectivity index (χ3n) is 6.37. The number of sulfonamides is 1. The topological polar surface area (TPSA) is 110 Å². The van der Waals surface area contributed by atoms with Crippen LogP contribution in [0.2, 0.25) is 0 Å². The van der Waals surface area contributed by atoms with Crippen LogP contribution in [-0.2, 0) is 19.2 Å². The fraction of sp³-hybridized carbons (Fsp3) is 0.545. The molecule has 2 fully saturated rings. The third kappa shape index (κ3) is 6.08. The number of nitrogens with zero attached hydrogens (tertiary/aromatic N) is 2. The summed E-state index contributed by atoms with van der Waals surface area (Å²) in [6.07, 6.45) is 2.64. The van der Waals surface area contributed by atoms with E-state index in [9.17, 15) is 22.4 Å². The van der Waals surface area contributed by atoms with E-state index in [2.05, 4.69) is 6.58 Å². The van der Waals surface area contributed by atoms with Crippen LogP contribution in [0.1, 0.15) is 38.2 Å². The van der Waals surface area contributed by atoms with Gasteiger partial charge in [-0.3, -0.25) is 9.59 Å². The van der Waals surface area contributed by atoms with E-state index in [1.165, 1.54) is 12.1 Å². The summed E-state index contributed by atoms with van der Waals surface area (Å²) in [6.45, 7) is 8.13. The van der Waals surface area contributed by atoms with E-state index in [4.69, 9.17) is 9.56 Å². The van der Waals surface area contributed by atoms with Crippen LogP contribution in [0.3, 0.4) is 0 Å². The van der Waals surface area contributed by atoms with E-state index in [1.54, 1.807) is 28.9 Å². The smallest absolute Gasteiger partial charge is 0.356 e. The first-order valence-corrected chi connectivity index (χ1v) is 14.1. The highest BCUT2D eigenvalue weighted by atomic mass is 32.2. The van der Waals surface area contributed by atoms with Gasteiger partial charge in [0.25, 0.3) is 0 Å². The maximum absolute atomic E-state index is 14.3. The van der Waals surface area contributed by atoms with Crippen LogP contribution in [0.25, 0.3) is 0 Å². The zero-order valence-electron chi connectivity index (χ0n) is 19.0. The fourth-order valence-electron chi connectivity index (χ4n) is 4.35. The molecular weight excluding hydrogens is 465 g/mol. The van der Waals surface area contributed by atoms with Crippen molar-refractivity contribution >= 4 is 35.7 Å². The molecule has 2 amide bonds. The molecule has 3 rings (SSSR count). The number of primary sulfonamides is 1. The predicted octanol–water partition coefficient (Wildman–Crippen LogP) is 1.37. The first-order chi connectivity index (χ1) is 15.5. The van der Waals surface area contributed by atoms with Crippen molar-refractivity contribution in [1.29, 1.82) is 0 Å². The largest absolute Gasteiger partial charge is 0.401 e. The van der Waals surface area contributed by atoms with Crippen molar-refractivity contribution in [3.63, 3.8) is 0 Å². The number of hydrogen-bond donors (Lipinski definition) is 1. The summed E-state index contributed by atoms with van der Waals surface area (Å²) in [5.74, 6) is -0.581. The van der Waals surface area contributed by atoms with E-state index < -0.39 is 30.1 Å². The zero-order chi connectivity index (χ0) is 24.3. The van der Waals surface area contributed by atoms with Gasteiger partial charge in [0.15, 0.2) is 0 Å². The second-order valence-corrected chi connectivity index (χ2v) is 12.5. The van der Waals surface area contributed by atoms with Crippen LogP contribution in [0.15, 0.2) is 30.9 Å². The lowest BCUT2D eigenvalue weighted by molar-refractivity contribution is -0.129. The van der Waals surface area contributed by atoms with Gasteiger partial charge in [-0.25, -0.2) is 17.9 Å². The monoisotopic (exact) mass is 496 g/mol. The molecule has 0 spiro atoms. The Morgan fingerprint density at radius 1 is 1.24 bits per heavy atom. The quantitative estimate of drug-likeness (QED) is 0.473. The molecule has 0 aromatic heterocycles. The maximum Gasteiger partial charge on any atom is 0.356 e. The Morgan fingerprint density at radius 2 is 1.91 bits per heavy atom. The summed E-state index contributed by atoms with van der Waals surface area (Å²) in [5, 5.41) is 5.19. The van der Waals surface area contributed by atoms with Gasteiger partial charge in [-0.2, -0.15) is 0 Å². The minimum atomic E-state index is -3.61. The maximum atomic E-state index is 14.3. The summed E-state index contributed by atoms with van der Waals surface area (Å²) >= 11 is 0. The second-order valence-electron chi connectivity index (χ2n) is 8.73. The Kier molecular flexibility index (Phi) is 8.09. The Hall–Kier alpha value is -2.08. The van der Waals surface area contributed by atoms with Gasteiger partial charge < -0.3 is 14.2 Å². The lowest BCUT2D eigenvalue weighted by Gasteiger charge is -2.40. The van der Waals surface area contributed by atoms with Gasteiger partial charge in [0.05, 0.1) is 5.25 Å². The van der Waals surface area contributed by atoms with E-state index >= 15 is 0 Å². The van der Waals surface area contributed by atoms with Crippen LogP contribution in [0.4, 0.5) is 9.18 Å². The minimum absolute atomic E-state index is 0.177. The number of benzene rings is 1. The first-order valence-electron chi connectivity index (χ1n) is 11.0. The Labute approximate surface area is 196 Å². The van der Waals surface area contributed by atoms with Crippen molar-refractivity contribution in [3.05, 3.63) is 42.2 Å². The molecule has 1 saturated heterocycles. The number of halogens is 1. The predicted molar refractivity (Wildman–Crippen MR) is 125 cm³/mol. The molecule has 1 aromatic rings. The molecule has 2 aliphatic rings. The van der Waals surface area contributed by atoms with Crippen LogP contribution in [0.5, 0.6) is 0 Å². The van der Waals surface area contributed by atoms with Crippen molar-refractivity contribution in [2.75, 3.05) is 19.6 Å². The van der Waals surface area contributed by atoms with Gasteiger partial charge in [-0.05, 0) is 62.4 Å². The van der Waals surface area contributed by atoms with Crippen molar-refractivity contribution in [1.82, 2.24) is 9.80 Å². The van der Waals surface area contributed by atoms with E-state index in [1.807, 2.05) is 6.92 Å². The molecule has 0 bridgehead atoms. The number of carbonyl (C=O) groups is 2. The van der Waals surface area contributed by atoms with Crippen molar-refractivity contribution < 1.29 is 26.8 Å². The summed E-state index contributed by atoms with van der Waals surface area (Å²) in [4.78, 5) is 29.0. The fourth-order valence-corrected chi connectivity index (χ4v) is 7.32. The summed E-state index contributed by atoms with van der Waals surface area (Å²) in [6, 6.07) is 4.53. The average Bonchev–Trinajstić information content (AvgIpc) is 2.78. The SMILES string of the molecule is C=CC(=O)N1CCN(C(=O)[Si](OC2CCC(S(N)(=O)=O)CC2)c2ccc(C)c(F)c2)C[C@H]1C. The minimum Gasteiger partial charge on any atom is -0.401 e. The number of nitrogens with two attached hydrogens (primary N) is 1. The lowest BCUT2D eigenvalue weighted by Crippen LogP contribution is -2.60. The molecule has 8 nitrogen and oxygen atoms in total. The Bertz CT molecular complexity index is 1010. The van der Waals surface area contributed by atoms with Gasteiger partial charge in [0.1, 0.15) is 5.82 Å². The third-order valence-corrected chi connectivity index (χ3v) is 9.88. The van der Waals surface area contributed by atoms with Gasteiger partial charge in [0.2, 0.25) is 21.5 Å². The molecular formula is C22H31FN3O5SSi. The van der Waals surface area contributed by atoms with E-state index in [0.29, 0.717) is 56.1 Å². The molecule has 1 heterocycles. The first kappa shape index (κ1) is 25.5. The van der Waals surface area contributed by atoms with Gasteiger partial charge in [0, 0.05) is 31.8 Å². The summed E-state index contributed by atoms with van der Waals surface area (Å²) in [7, 11) is -5.92. The number of rotatable bonds is 6. The molecule has 2 N–H and O–H groups in total. The molecule has 0 unspecified atom stereocenters. The summed E-state index contributed by atoms with van der Waals surface area (Å²) in [5.41, 5.74) is 0.278. The van der Waals surface area contributed by atoms with Crippen LogP contribution < -0.4 is 10.3 Å². The number of aryl methyl sites for hydroxylation is 1. The number of carbonyl (C=O) groups excluding carboxylic acids is 2. The molecule has 11 heteroatoms. The molecule has 1 aliphatic heterocycles. The molecule has 1 aliphatic carbocycles. The average molecular weight is 497 g/mol. The molecule has 1 radical (unpaired) electrons. The van der Waals surface area contributed by atoms with Gasteiger partial charge in [-0.15, -0.1) is 0 Å². The lowest BCUT2D eigenvalue weighted by atomic mass is 9.97. The Balaban J connectivity index is 1.78. The van der Waals surface area contributed by atoms with Crippen molar-refractivity contribution in [2.45, 2.75) is 56.9 Å². The number of amides is 2. The van der Waals surface area contributed by atoms with Crippen LogP contribution >= 0.6 is 0 Å². The molecule has 1 saturated carbocycles. The van der Waals surface area contributed by atoms with Crippen molar-refractivity contribution in [2.24, 2.45) is 5.14 Å². The van der Waals surface area contributed by atoms with Crippen LogP contribution in [-0.4, -0.2) is 75.7 Å². The number of hydrogen-bond acceptors (Lipinski definition) is 5. The highest BCUT2D eigenvalue weighted by Crippen LogP contribution is 2.26. The van der Waals surface area contributed by atoms with Gasteiger partial charge >= 0.3 is 9.04 Å². The highest BCUT2D eigenvalue weighted by molar-refractivity contribution is 7.89. The van der Waals surface area contributed by atoms with E-state index in [-0.39, 0.29) is 23.6 Å². The standard InChI is InChI=1S/C22H31FN3O5SSi/c1-4-21(27)26-12-11-25(14-16(26)3)22(28)33(19-10-5-15(2)20(23)13-19)31-17-6-8-18(9-7-17)32(24,29)30/h4-5,10,13,16-18H,1,6-9,11-12,14H2,2-3H3,(H2,24,29,30)/t16-,17?,18?/m1/s1. The van der Waals surface area contributed by atoms with E-state index in [0.717, 1.165) is 0 Å². The van der Waals surface area contributed by atoms with Gasteiger partial charge in [-0.1, -0.05) is 18.7 Å². The number of piperazine rings is 1. The molecule has 33 heavy (non-hydrogen) atoms. The summed E-state index contributed by atoms with van der Waals surface area (Å²) < 4.78 is 43.9. The second kappa shape index (κ2) is 10.5. The Morgan fingerprint density at radius 3 is 2.45 bits per heavy atom. The molecule has 181 valence electrons. The molecule has 1 atom stereocenters. The zero-order valence-corrected chi connectivity index (χ0v) is 20.8. The highest BCUT2D eigenvalue weighted by Gasteiger charge is 2.39. The van der Waals surface area contributed by atoms with Crippen molar-refractivity contribution in [3.8, 4) is 0 Å². The normalized spacial score (nSPS) is 24.1. The molecule has 1 aromatic carbocycles.